The van der Waals surface area contributed by atoms with Gasteiger partial charge in [-0.3, -0.25) is 9.78 Å². The van der Waals surface area contributed by atoms with Gasteiger partial charge in [0.15, 0.2) is 0 Å². The Balaban J connectivity index is 2.54. The minimum absolute atomic E-state index is 0.127. The molecule has 0 aliphatic carbocycles. The Bertz CT molecular complexity index is 531. The van der Waals surface area contributed by atoms with E-state index in [1.807, 2.05) is 26.0 Å². The van der Waals surface area contributed by atoms with Crippen molar-refractivity contribution in [1.82, 2.24) is 15.0 Å². The molecule has 82 valence electrons. The molecule has 0 aliphatic rings. The smallest absolute Gasteiger partial charge is 0.251 e. The molecule has 0 amide bonds. The molecule has 0 aromatic carbocycles. The summed E-state index contributed by atoms with van der Waals surface area (Å²) in [7, 11) is 0. The van der Waals surface area contributed by atoms with Crippen molar-refractivity contribution in [2.45, 2.75) is 19.8 Å². The molecule has 0 unspecified atom stereocenters. The Morgan fingerprint density at radius 3 is 2.81 bits per heavy atom. The summed E-state index contributed by atoms with van der Waals surface area (Å²) in [4.78, 5) is 22.6. The SMILES string of the molecule is CC(C)c1nc(-c2cccnc2)cc(=O)[nH]1. The summed E-state index contributed by atoms with van der Waals surface area (Å²) in [5, 5.41) is 0. The molecular weight excluding hydrogens is 202 g/mol. The molecule has 1 N–H and O–H groups in total. The van der Waals surface area contributed by atoms with Gasteiger partial charge in [-0.1, -0.05) is 13.8 Å². The van der Waals surface area contributed by atoms with Gasteiger partial charge in [-0.05, 0) is 12.1 Å². The van der Waals surface area contributed by atoms with Crippen molar-refractivity contribution < 1.29 is 0 Å². The summed E-state index contributed by atoms with van der Waals surface area (Å²) in [5.74, 6) is 0.899. The van der Waals surface area contributed by atoms with Crippen molar-refractivity contribution in [1.29, 1.82) is 0 Å². The number of H-pyrrole nitrogens is 1. The van der Waals surface area contributed by atoms with Crippen LogP contribution >= 0.6 is 0 Å². The molecule has 0 bridgehead atoms. The number of nitrogens with one attached hydrogen (secondary N) is 1. The zero-order valence-corrected chi connectivity index (χ0v) is 9.27. The van der Waals surface area contributed by atoms with Crippen LogP contribution in [0.15, 0.2) is 35.4 Å². The van der Waals surface area contributed by atoms with Gasteiger partial charge in [0.1, 0.15) is 5.82 Å². The van der Waals surface area contributed by atoms with Crippen LogP contribution in [-0.4, -0.2) is 15.0 Å². The van der Waals surface area contributed by atoms with Gasteiger partial charge in [0, 0.05) is 29.9 Å². The first-order valence-corrected chi connectivity index (χ1v) is 5.18. The van der Waals surface area contributed by atoms with Gasteiger partial charge in [0.2, 0.25) is 0 Å². The van der Waals surface area contributed by atoms with Crippen LogP contribution in [0.2, 0.25) is 0 Å². The molecule has 0 radical (unpaired) electrons. The van der Waals surface area contributed by atoms with Crippen LogP contribution in [0.25, 0.3) is 11.3 Å². The van der Waals surface area contributed by atoms with E-state index in [4.69, 9.17) is 0 Å². The molecule has 0 atom stereocenters. The van der Waals surface area contributed by atoms with Gasteiger partial charge in [-0.2, -0.15) is 0 Å². The summed E-state index contributed by atoms with van der Waals surface area (Å²) in [6.45, 7) is 3.98. The van der Waals surface area contributed by atoms with Crippen molar-refractivity contribution in [2.75, 3.05) is 0 Å². The quantitative estimate of drug-likeness (QED) is 0.833. The third-order valence-corrected chi connectivity index (χ3v) is 2.26. The van der Waals surface area contributed by atoms with Crippen molar-refractivity contribution in [3.8, 4) is 11.3 Å². The van der Waals surface area contributed by atoms with Gasteiger partial charge < -0.3 is 4.98 Å². The highest BCUT2D eigenvalue weighted by molar-refractivity contribution is 5.56. The average Bonchev–Trinajstić information content (AvgIpc) is 2.29. The van der Waals surface area contributed by atoms with Crippen molar-refractivity contribution in [3.63, 3.8) is 0 Å². The molecule has 2 heterocycles. The standard InChI is InChI=1S/C12H13N3O/c1-8(2)12-14-10(6-11(16)15-12)9-4-3-5-13-7-9/h3-8H,1-2H3,(H,14,15,16). The summed E-state index contributed by atoms with van der Waals surface area (Å²) >= 11 is 0. The number of aromatic nitrogens is 3. The van der Waals surface area contributed by atoms with Gasteiger partial charge in [0.05, 0.1) is 5.69 Å². The maximum Gasteiger partial charge on any atom is 0.251 e. The van der Waals surface area contributed by atoms with Gasteiger partial charge in [-0.15, -0.1) is 0 Å². The van der Waals surface area contributed by atoms with Crippen LogP contribution in [0.4, 0.5) is 0 Å². The predicted molar refractivity (Wildman–Crippen MR) is 62.2 cm³/mol. The lowest BCUT2D eigenvalue weighted by Crippen LogP contribution is -2.12. The normalized spacial score (nSPS) is 10.7. The fraction of sp³-hybridized carbons (Fsp3) is 0.250. The third kappa shape index (κ3) is 2.16. The molecule has 2 aromatic rings. The lowest BCUT2D eigenvalue weighted by molar-refractivity contribution is 0.768. The zero-order valence-electron chi connectivity index (χ0n) is 9.27. The molecule has 2 rings (SSSR count). The van der Waals surface area contributed by atoms with Gasteiger partial charge in [-0.25, -0.2) is 4.98 Å². The van der Waals surface area contributed by atoms with E-state index in [0.717, 1.165) is 5.56 Å². The summed E-state index contributed by atoms with van der Waals surface area (Å²) in [5.41, 5.74) is 1.40. The van der Waals surface area contributed by atoms with Crippen LogP contribution in [0, 0.1) is 0 Å². The Hall–Kier alpha value is -1.97. The van der Waals surface area contributed by atoms with Crippen LogP contribution in [0.3, 0.4) is 0 Å². The lowest BCUT2D eigenvalue weighted by atomic mass is 10.1. The minimum Gasteiger partial charge on any atom is -0.310 e. The summed E-state index contributed by atoms with van der Waals surface area (Å²) < 4.78 is 0. The number of pyridine rings is 1. The highest BCUT2D eigenvalue weighted by Gasteiger charge is 2.06. The highest BCUT2D eigenvalue weighted by Crippen LogP contribution is 2.15. The van der Waals surface area contributed by atoms with E-state index in [1.54, 1.807) is 12.4 Å². The topological polar surface area (TPSA) is 58.6 Å². The molecule has 4 nitrogen and oxygen atoms in total. The first kappa shape index (κ1) is 10.5. The maximum absolute atomic E-state index is 11.5. The fourth-order valence-electron chi connectivity index (χ4n) is 1.41. The monoisotopic (exact) mass is 215 g/mol. The Kier molecular flexibility index (Phi) is 2.81. The second kappa shape index (κ2) is 4.26. The molecule has 0 saturated carbocycles. The Morgan fingerprint density at radius 1 is 1.38 bits per heavy atom. The molecular formula is C12H13N3O. The second-order valence-electron chi connectivity index (χ2n) is 3.91. The zero-order chi connectivity index (χ0) is 11.5. The van der Waals surface area contributed by atoms with E-state index >= 15 is 0 Å². The van der Waals surface area contributed by atoms with Crippen LogP contribution in [0.5, 0.6) is 0 Å². The molecule has 0 fully saturated rings. The second-order valence-corrected chi connectivity index (χ2v) is 3.91. The van der Waals surface area contributed by atoms with Crippen molar-refractivity contribution in [3.05, 3.63) is 46.8 Å². The van der Waals surface area contributed by atoms with Crippen LogP contribution in [-0.2, 0) is 0 Å². The number of rotatable bonds is 2. The fourth-order valence-corrected chi connectivity index (χ4v) is 1.41. The molecule has 0 spiro atoms. The van der Waals surface area contributed by atoms with E-state index < -0.39 is 0 Å². The molecule has 0 saturated heterocycles. The first-order valence-electron chi connectivity index (χ1n) is 5.18. The van der Waals surface area contributed by atoms with Gasteiger partial charge >= 0.3 is 0 Å². The highest BCUT2D eigenvalue weighted by atomic mass is 16.1. The number of hydrogen-bond acceptors (Lipinski definition) is 3. The molecule has 16 heavy (non-hydrogen) atoms. The molecule has 2 aromatic heterocycles. The van der Waals surface area contributed by atoms with E-state index in [-0.39, 0.29) is 11.5 Å². The van der Waals surface area contributed by atoms with Gasteiger partial charge in [0.25, 0.3) is 5.56 Å². The van der Waals surface area contributed by atoms with Crippen LogP contribution < -0.4 is 5.56 Å². The van der Waals surface area contributed by atoms with E-state index in [9.17, 15) is 4.79 Å². The predicted octanol–water partition coefficient (Wildman–Crippen LogP) is 1.96. The molecule has 4 heteroatoms. The van der Waals surface area contributed by atoms with Crippen molar-refractivity contribution >= 4 is 0 Å². The van der Waals surface area contributed by atoms with E-state index in [2.05, 4.69) is 15.0 Å². The van der Waals surface area contributed by atoms with Crippen LogP contribution in [0.1, 0.15) is 25.6 Å². The van der Waals surface area contributed by atoms with Crippen molar-refractivity contribution in [2.24, 2.45) is 0 Å². The number of nitrogens with zero attached hydrogens (tertiary/aromatic N) is 2. The summed E-state index contributed by atoms with van der Waals surface area (Å²) in [6.07, 6.45) is 3.39. The average molecular weight is 215 g/mol. The number of hydrogen-bond donors (Lipinski definition) is 1. The minimum atomic E-state index is -0.127. The Morgan fingerprint density at radius 2 is 2.19 bits per heavy atom. The maximum atomic E-state index is 11.5. The van der Waals surface area contributed by atoms with E-state index in [1.165, 1.54) is 6.07 Å². The third-order valence-electron chi connectivity index (χ3n) is 2.26. The summed E-state index contributed by atoms with van der Waals surface area (Å²) in [6, 6.07) is 5.20. The molecule has 0 aliphatic heterocycles. The Labute approximate surface area is 93.4 Å². The van der Waals surface area contributed by atoms with E-state index in [0.29, 0.717) is 11.5 Å². The lowest BCUT2D eigenvalue weighted by Gasteiger charge is -2.06. The number of aromatic amines is 1. The largest absolute Gasteiger partial charge is 0.310 e. The first-order chi connectivity index (χ1) is 7.66.